The molecule has 0 saturated carbocycles. The molecule has 0 radical (unpaired) electrons. The molecule has 7 heteroatoms. The number of benzene rings is 1. The van der Waals surface area contributed by atoms with E-state index in [2.05, 4.69) is 10.4 Å². The lowest BCUT2D eigenvalue weighted by atomic mass is 10.2. The van der Waals surface area contributed by atoms with Crippen LogP contribution in [0.25, 0.3) is 0 Å². The van der Waals surface area contributed by atoms with Crippen LogP contribution in [0.4, 0.5) is 0 Å². The van der Waals surface area contributed by atoms with E-state index in [0.717, 1.165) is 17.7 Å². The Hall–Kier alpha value is -2.54. The predicted octanol–water partition coefficient (Wildman–Crippen LogP) is 1.96. The second kappa shape index (κ2) is 9.24. The third-order valence-corrected chi connectivity index (χ3v) is 3.82. The van der Waals surface area contributed by atoms with E-state index in [9.17, 15) is 4.79 Å². The molecule has 1 amide bonds. The Labute approximate surface area is 154 Å². The highest BCUT2D eigenvalue weighted by Gasteiger charge is 2.18. The number of likely N-dealkylation sites (N-methyl/N-ethyl adjacent to an activating group) is 1. The van der Waals surface area contributed by atoms with Gasteiger partial charge in [-0.05, 0) is 31.5 Å². The lowest BCUT2D eigenvalue weighted by Crippen LogP contribution is -2.35. The highest BCUT2D eigenvalue weighted by molar-refractivity contribution is 5.80. The first-order valence-electron chi connectivity index (χ1n) is 8.72. The molecule has 1 heterocycles. The van der Waals surface area contributed by atoms with Crippen molar-refractivity contribution < 1.29 is 14.3 Å². The van der Waals surface area contributed by atoms with E-state index in [4.69, 9.17) is 9.47 Å². The Morgan fingerprint density at radius 3 is 2.62 bits per heavy atom. The third-order valence-electron chi connectivity index (χ3n) is 3.82. The van der Waals surface area contributed by atoms with Gasteiger partial charge in [-0.2, -0.15) is 5.10 Å². The molecule has 0 aliphatic rings. The summed E-state index contributed by atoms with van der Waals surface area (Å²) in [6.45, 7) is 5.62. The van der Waals surface area contributed by atoms with Crippen molar-refractivity contribution in [2.24, 2.45) is 7.05 Å². The van der Waals surface area contributed by atoms with E-state index in [1.165, 1.54) is 4.90 Å². The summed E-state index contributed by atoms with van der Waals surface area (Å²) >= 11 is 0. The van der Waals surface area contributed by atoms with Crippen LogP contribution in [-0.2, 0) is 24.9 Å². The minimum atomic E-state index is -0.571. The third kappa shape index (κ3) is 5.49. The van der Waals surface area contributed by atoms with Crippen LogP contribution in [0, 0.1) is 0 Å². The van der Waals surface area contributed by atoms with Gasteiger partial charge in [0.15, 0.2) is 17.6 Å². The fourth-order valence-electron chi connectivity index (χ4n) is 2.55. The summed E-state index contributed by atoms with van der Waals surface area (Å²) in [6.07, 6.45) is 3.26. The summed E-state index contributed by atoms with van der Waals surface area (Å²) in [5.74, 6) is 1.13. The van der Waals surface area contributed by atoms with E-state index < -0.39 is 6.10 Å². The number of amides is 1. The zero-order valence-electron chi connectivity index (χ0n) is 16.2. The summed E-state index contributed by atoms with van der Waals surface area (Å²) in [5, 5.41) is 7.54. The number of nitrogens with one attached hydrogen (secondary N) is 1. The Morgan fingerprint density at radius 1 is 1.27 bits per heavy atom. The average molecular weight is 360 g/mol. The van der Waals surface area contributed by atoms with Crippen molar-refractivity contribution in [1.29, 1.82) is 0 Å². The largest absolute Gasteiger partial charge is 0.490 e. The molecule has 2 aromatic rings. The Balaban J connectivity index is 2.01. The van der Waals surface area contributed by atoms with Crippen LogP contribution in [0.3, 0.4) is 0 Å². The number of aromatic nitrogens is 2. The van der Waals surface area contributed by atoms with Crippen molar-refractivity contribution >= 4 is 5.91 Å². The summed E-state index contributed by atoms with van der Waals surface area (Å²) in [5.41, 5.74) is 2.21. The van der Waals surface area contributed by atoms with Gasteiger partial charge in [-0.15, -0.1) is 0 Å². The molecule has 0 fully saturated rings. The molecule has 1 N–H and O–H groups in total. The molecule has 0 saturated heterocycles. The number of hydrogen-bond acceptors (Lipinski definition) is 5. The fourth-order valence-corrected chi connectivity index (χ4v) is 2.55. The molecular weight excluding hydrogens is 332 g/mol. The molecular formula is C19H28N4O3. The van der Waals surface area contributed by atoms with Gasteiger partial charge in [-0.3, -0.25) is 9.48 Å². The predicted molar refractivity (Wildman–Crippen MR) is 100 cm³/mol. The molecule has 0 spiro atoms. The molecule has 26 heavy (non-hydrogen) atoms. The van der Waals surface area contributed by atoms with Crippen LogP contribution in [-0.4, -0.2) is 47.4 Å². The van der Waals surface area contributed by atoms with Crippen LogP contribution in [0.15, 0.2) is 30.6 Å². The average Bonchev–Trinajstić information content (AvgIpc) is 3.01. The van der Waals surface area contributed by atoms with Crippen LogP contribution < -0.4 is 14.8 Å². The van der Waals surface area contributed by atoms with Gasteiger partial charge in [0.05, 0.1) is 12.8 Å². The van der Waals surface area contributed by atoms with Crippen molar-refractivity contribution in [2.45, 2.75) is 33.0 Å². The van der Waals surface area contributed by atoms with Gasteiger partial charge in [0, 0.05) is 46.0 Å². The molecule has 0 aliphatic heterocycles. The van der Waals surface area contributed by atoms with Crippen LogP contribution in [0.5, 0.6) is 11.5 Å². The zero-order chi connectivity index (χ0) is 19.1. The van der Waals surface area contributed by atoms with E-state index in [1.807, 2.05) is 44.6 Å². The lowest BCUT2D eigenvalue weighted by molar-refractivity contribution is -0.135. The first kappa shape index (κ1) is 19.8. The molecule has 142 valence electrons. The molecule has 7 nitrogen and oxygen atoms in total. The van der Waals surface area contributed by atoms with Crippen molar-refractivity contribution in [3.63, 3.8) is 0 Å². The van der Waals surface area contributed by atoms with Crippen LogP contribution in [0.2, 0.25) is 0 Å². The number of rotatable bonds is 9. The number of carbonyl (C=O) groups is 1. The molecule has 1 aromatic heterocycles. The van der Waals surface area contributed by atoms with Crippen molar-refractivity contribution in [1.82, 2.24) is 20.0 Å². The van der Waals surface area contributed by atoms with Crippen molar-refractivity contribution in [3.8, 4) is 11.5 Å². The number of aryl methyl sites for hydroxylation is 1. The van der Waals surface area contributed by atoms with Crippen LogP contribution >= 0.6 is 0 Å². The quantitative estimate of drug-likeness (QED) is 0.740. The summed E-state index contributed by atoms with van der Waals surface area (Å²) in [6, 6.07) is 5.77. The topological polar surface area (TPSA) is 68.6 Å². The Bertz CT molecular complexity index is 727. The minimum absolute atomic E-state index is 0.0883. The van der Waals surface area contributed by atoms with E-state index in [-0.39, 0.29) is 5.91 Å². The minimum Gasteiger partial charge on any atom is -0.490 e. The summed E-state index contributed by atoms with van der Waals surface area (Å²) in [7, 11) is 5.32. The molecule has 0 aliphatic carbocycles. The second-order valence-electron chi connectivity index (χ2n) is 6.33. The van der Waals surface area contributed by atoms with Crippen molar-refractivity contribution in [3.05, 3.63) is 41.7 Å². The van der Waals surface area contributed by atoms with E-state index in [1.54, 1.807) is 25.7 Å². The molecule has 1 aromatic carbocycles. The normalized spacial score (nSPS) is 11.9. The number of ether oxygens (including phenoxy) is 2. The Morgan fingerprint density at radius 2 is 2.00 bits per heavy atom. The van der Waals surface area contributed by atoms with E-state index in [0.29, 0.717) is 24.7 Å². The van der Waals surface area contributed by atoms with Gasteiger partial charge in [0.25, 0.3) is 5.91 Å². The first-order chi connectivity index (χ1) is 12.4. The van der Waals surface area contributed by atoms with Gasteiger partial charge in [0.1, 0.15) is 0 Å². The number of nitrogens with zero attached hydrogens (tertiary/aromatic N) is 3. The Kier molecular flexibility index (Phi) is 7.03. The highest BCUT2D eigenvalue weighted by Crippen LogP contribution is 2.29. The van der Waals surface area contributed by atoms with Crippen molar-refractivity contribution in [2.75, 3.05) is 20.7 Å². The fraction of sp³-hybridized carbons (Fsp3) is 0.474. The van der Waals surface area contributed by atoms with Gasteiger partial charge < -0.3 is 19.7 Å². The van der Waals surface area contributed by atoms with Gasteiger partial charge >= 0.3 is 0 Å². The number of carbonyl (C=O) groups excluding carboxylic acids is 1. The lowest BCUT2D eigenvalue weighted by Gasteiger charge is -2.20. The molecule has 2 rings (SSSR count). The first-order valence-corrected chi connectivity index (χ1v) is 8.72. The molecule has 1 atom stereocenters. The maximum absolute atomic E-state index is 12.0. The maximum Gasteiger partial charge on any atom is 0.262 e. The zero-order valence-corrected chi connectivity index (χ0v) is 16.2. The standard InChI is InChI=1S/C19H28N4O3/c1-6-25-18-9-15(10-20-11-16-12-21-23(5)13-16)7-8-17(18)26-14(2)19(24)22(3)4/h7-9,12-14,20H,6,10-11H2,1-5H3. The highest BCUT2D eigenvalue weighted by atomic mass is 16.5. The van der Waals surface area contributed by atoms with Gasteiger partial charge in [-0.25, -0.2) is 0 Å². The summed E-state index contributed by atoms with van der Waals surface area (Å²) < 4.78 is 13.3. The molecule has 0 bridgehead atoms. The monoisotopic (exact) mass is 360 g/mol. The van der Waals surface area contributed by atoms with E-state index >= 15 is 0 Å². The maximum atomic E-state index is 12.0. The van der Waals surface area contributed by atoms with Gasteiger partial charge in [0.2, 0.25) is 0 Å². The van der Waals surface area contributed by atoms with Gasteiger partial charge in [-0.1, -0.05) is 6.07 Å². The number of hydrogen-bond donors (Lipinski definition) is 1. The second-order valence-corrected chi connectivity index (χ2v) is 6.33. The summed E-state index contributed by atoms with van der Waals surface area (Å²) in [4.78, 5) is 13.5. The smallest absolute Gasteiger partial charge is 0.262 e. The van der Waals surface area contributed by atoms with Crippen LogP contribution in [0.1, 0.15) is 25.0 Å². The molecule has 1 unspecified atom stereocenters. The SMILES string of the molecule is CCOc1cc(CNCc2cnn(C)c2)ccc1OC(C)C(=O)N(C)C.